The summed E-state index contributed by atoms with van der Waals surface area (Å²) in [4.78, 5) is 0. The average Bonchev–Trinajstić information content (AvgIpc) is 2.41. The number of rotatable bonds is 5. The van der Waals surface area contributed by atoms with E-state index in [1.54, 1.807) is 12.1 Å². The highest BCUT2D eigenvalue weighted by molar-refractivity contribution is 9.10. The Labute approximate surface area is 143 Å². The van der Waals surface area contributed by atoms with Crippen molar-refractivity contribution in [3.05, 3.63) is 56.5 Å². The smallest absolute Gasteiger partial charge is 0.141 e. The van der Waals surface area contributed by atoms with E-state index in [2.05, 4.69) is 35.1 Å². The van der Waals surface area contributed by atoms with Crippen LogP contribution in [0.15, 0.2) is 40.9 Å². The zero-order chi connectivity index (χ0) is 15.4. The van der Waals surface area contributed by atoms with Crippen LogP contribution in [0.3, 0.4) is 0 Å². The first kappa shape index (κ1) is 16.6. The summed E-state index contributed by atoms with van der Waals surface area (Å²) in [6.45, 7) is 4.89. The zero-order valence-electron chi connectivity index (χ0n) is 11.8. The monoisotopic (exact) mass is 387 g/mol. The third-order valence-corrected chi connectivity index (χ3v) is 3.93. The maximum absolute atomic E-state index is 6.08. The van der Waals surface area contributed by atoms with Crippen molar-refractivity contribution in [3.8, 4) is 11.5 Å². The van der Waals surface area contributed by atoms with Crippen LogP contribution in [0, 0.1) is 0 Å². The summed E-state index contributed by atoms with van der Waals surface area (Å²) >= 11 is 15.5. The van der Waals surface area contributed by atoms with Gasteiger partial charge >= 0.3 is 0 Å². The van der Waals surface area contributed by atoms with E-state index in [-0.39, 0.29) is 0 Å². The lowest BCUT2D eigenvalue weighted by atomic mass is 10.2. The van der Waals surface area contributed by atoms with Crippen LogP contribution in [0.2, 0.25) is 10.0 Å². The summed E-state index contributed by atoms with van der Waals surface area (Å²) in [7, 11) is 0. The van der Waals surface area contributed by atoms with Crippen molar-refractivity contribution >= 4 is 39.1 Å². The highest BCUT2D eigenvalue weighted by Gasteiger charge is 2.09. The molecule has 0 atom stereocenters. The number of halogens is 3. The van der Waals surface area contributed by atoms with Crippen LogP contribution in [0.4, 0.5) is 0 Å². The van der Waals surface area contributed by atoms with E-state index < -0.39 is 0 Å². The second-order valence-corrected chi connectivity index (χ2v) is 6.69. The van der Waals surface area contributed by atoms with Gasteiger partial charge in [0.25, 0.3) is 0 Å². The normalized spacial score (nSPS) is 11.0. The molecule has 1 N–H and O–H groups in total. The third-order valence-electron chi connectivity index (χ3n) is 2.84. The molecule has 0 radical (unpaired) electrons. The highest BCUT2D eigenvalue weighted by Crippen LogP contribution is 2.34. The van der Waals surface area contributed by atoms with Crippen LogP contribution in [0.1, 0.15) is 19.4 Å². The Balaban J connectivity index is 2.26. The van der Waals surface area contributed by atoms with E-state index >= 15 is 0 Å². The topological polar surface area (TPSA) is 21.3 Å². The Morgan fingerprint density at radius 1 is 1.05 bits per heavy atom. The fourth-order valence-corrected chi connectivity index (χ4v) is 2.73. The number of nitrogens with one attached hydrogen (secondary N) is 1. The molecule has 0 aliphatic heterocycles. The second-order valence-electron chi connectivity index (χ2n) is 4.96. The van der Waals surface area contributed by atoms with Gasteiger partial charge in [-0.05, 0) is 52.3 Å². The van der Waals surface area contributed by atoms with E-state index in [4.69, 9.17) is 27.9 Å². The molecule has 0 aromatic heterocycles. The molecule has 0 saturated carbocycles. The van der Waals surface area contributed by atoms with E-state index in [0.29, 0.717) is 28.4 Å². The Kier molecular flexibility index (Phi) is 5.94. The molecule has 2 nitrogen and oxygen atoms in total. The predicted octanol–water partition coefficient (Wildman–Crippen LogP) is 6.05. The van der Waals surface area contributed by atoms with Crippen LogP contribution in [0.25, 0.3) is 0 Å². The van der Waals surface area contributed by atoms with Gasteiger partial charge in [-0.2, -0.15) is 0 Å². The largest absolute Gasteiger partial charge is 0.456 e. The van der Waals surface area contributed by atoms with Gasteiger partial charge in [0.2, 0.25) is 0 Å². The van der Waals surface area contributed by atoms with Gasteiger partial charge in [-0.15, -0.1) is 0 Å². The van der Waals surface area contributed by atoms with Crippen molar-refractivity contribution < 1.29 is 4.74 Å². The molecule has 0 aliphatic carbocycles. The summed E-state index contributed by atoms with van der Waals surface area (Å²) in [6.07, 6.45) is 0. The molecular formula is C16H16BrCl2NO. The van der Waals surface area contributed by atoms with Crippen molar-refractivity contribution in [3.63, 3.8) is 0 Å². The van der Waals surface area contributed by atoms with Crippen molar-refractivity contribution in [1.29, 1.82) is 0 Å². The third kappa shape index (κ3) is 4.89. The molecule has 0 fully saturated rings. The van der Waals surface area contributed by atoms with Gasteiger partial charge in [0.15, 0.2) is 0 Å². The molecule has 0 heterocycles. The highest BCUT2D eigenvalue weighted by atomic mass is 79.9. The van der Waals surface area contributed by atoms with E-state index in [0.717, 1.165) is 15.8 Å². The maximum atomic E-state index is 6.08. The molecule has 2 aromatic rings. The quantitative estimate of drug-likeness (QED) is 0.673. The van der Waals surface area contributed by atoms with E-state index in [1.165, 1.54) is 0 Å². The average molecular weight is 389 g/mol. The van der Waals surface area contributed by atoms with Gasteiger partial charge in [0, 0.05) is 28.2 Å². The lowest BCUT2D eigenvalue weighted by molar-refractivity contribution is 0.467. The Morgan fingerprint density at radius 2 is 1.67 bits per heavy atom. The first-order valence-electron chi connectivity index (χ1n) is 6.60. The van der Waals surface area contributed by atoms with Crippen LogP contribution in [-0.2, 0) is 6.54 Å². The fourth-order valence-electron chi connectivity index (χ4n) is 1.78. The first-order chi connectivity index (χ1) is 9.95. The summed E-state index contributed by atoms with van der Waals surface area (Å²) < 4.78 is 6.79. The summed E-state index contributed by atoms with van der Waals surface area (Å²) in [5.74, 6) is 1.49. The number of hydrogen-bond acceptors (Lipinski definition) is 2. The second kappa shape index (κ2) is 7.50. The molecule has 0 bridgehead atoms. The van der Waals surface area contributed by atoms with Crippen LogP contribution >= 0.6 is 39.1 Å². The van der Waals surface area contributed by atoms with Gasteiger partial charge in [0.1, 0.15) is 11.5 Å². The SMILES string of the molecule is CC(C)NCc1cc(Cl)ccc1Oc1ccc(Cl)cc1Br. The molecule has 21 heavy (non-hydrogen) atoms. The van der Waals surface area contributed by atoms with Crippen molar-refractivity contribution in [2.75, 3.05) is 0 Å². The van der Waals surface area contributed by atoms with Gasteiger partial charge in [-0.1, -0.05) is 37.0 Å². The fraction of sp³-hybridized carbons (Fsp3) is 0.250. The minimum absolute atomic E-state index is 0.388. The number of ether oxygens (including phenoxy) is 1. The van der Waals surface area contributed by atoms with Crippen LogP contribution < -0.4 is 10.1 Å². The zero-order valence-corrected chi connectivity index (χ0v) is 14.9. The van der Waals surface area contributed by atoms with Gasteiger partial charge in [0.05, 0.1) is 4.47 Å². The molecular weight excluding hydrogens is 373 g/mol. The van der Waals surface area contributed by atoms with E-state index in [9.17, 15) is 0 Å². The Hall–Kier alpha value is -0.740. The lowest BCUT2D eigenvalue weighted by Gasteiger charge is -2.15. The van der Waals surface area contributed by atoms with Crippen molar-refractivity contribution in [2.24, 2.45) is 0 Å². The maximum Gasteiger partial charge on any atom is 0.141 e. The molecule has 0 aliphatic rings. The molecule has 2 aromatic carbocycles. The first-order valence-corrected chi connectivity index (χ1v) is 8.15. The molecule has 0 saturated heterocycles. The molecule has 0 spiro atoms. The summed E-state index contributed by atoms with van der Waals surface area (Å²) in [5.41, 5.74) is 1.01. The predicted molar refractivity (Wildman–Crippen MR) is 92.7 cm³/mol. The van der Waals surface area contributed by atoms with Gasteiger partial charge in [-0.25, -0.2) is 0 Å². The van der Waals surface area contributed by atoms with Gasteiger partial charge < -0.3 is 10.1 Å². The summed E-state index contributed by atoms with van der Waals surface area (Å²) in [6, 6.07) is 11.4. The van der Waals surface area contributed by atoms with Crippen molar-refractivity contribution in [1.82, 2.24) is 5.32 Å². The minimum Gasteiger partial charge on any atom is -0.456 e. The Bertz CT molecular complexity index is 632. The molecule has 2 rings (SSSR count). The van der Waals surface area contributed by atoms with E-state index in [1.807, 2.05) is 24.3 Å². The van der Waals surface area contributed by atoms with Gasteiger partial charge in [-0.3, -0.25) is 0 Å². The summed E-state index contributed by atoms with van der Waals surface area (Å²) in [5, 5.41) is 4.72. The molecule has 112 valence electrons. The van der Waals surface area contributed by atoms with Crippen LogP contribution in [-0.4, -0.2) is 6.04 Å². The molecule has 5 heteroatoms. The van der Waals surface area contributed by atoms with Crippen molar-refractivity contribution in [2.45, 2.75) is 26.4 Å². The minimum atomic E-state index is 0.388. The van der Waals surface area contributed by atoms with Crippen LogP contribution in [0.5, 0.6) is 11.5 Å². The molecule has 0 amide bonds. The lowest BCUT2D eigenvalue weighted by Crippen LogP contribution is -2.22. The number of hydrogen-bond donors (Lipinski definition) is 1. The standard InChI is InChI=1S/C16H16BrCl2NO/c1-10(2)20-9-11-7-12(18)3-5-15(11)21-16-6-4-13(19)8-14(16)17/h3-8,10,20H,9H2,1-2H3. The molecule has 0 unspecified atom stereocenters. The Morgan fingerprint density at radius 3 is 2.29 bits per heavy atom. The number of benzene rings is 2.